The highest BCUT2D eigenvalue weighted by Crippen LogP contribution is 2.56. The van der Waals surface area contributed by atoms with E-state index < -0.39 is 33.7 Å². The lowest BCUT2D eigenvalue weighted by molar-refractivity contribution is -0.137. The van der Waals surface area contributed by atoms with Gasteiger partial charge in [-0.05, 0) is 38.1 Å². The van der Waals surface area contributed by atoms with Crippen LogP contribution in [0.15, 0.2) is 42.5 Å². The number of benzene rings is 2. The van der Waals surface area contributed by atoms with Crippen molar-refractivity contribution in [1.82, 2.24) is 0 Å². The van der Waals surface area contributed by atoms with Gasteiger partial charge in [0.1, 0.15) is 0 Å². The maximum Gasteiger partial charge on any atom is 0.416 e. The van der Waals surface area contributed by atoms with Crippen molar-refractivity contribution in [2.24, 2.45) is 0 Å². The minimum Gasteiger partial charge on any atom is -0.323 e. The molecule has 0 aromatic heterocycles. The van der Waals surface area contributed by atoms with Gasteiger partial charge >= 0.3 is 6.18 Å². The molecule has 4 rings (SSSR count). The van der Waals surface area contributed by atoms with E-state index in [1.165, 1.54) is 17.0 Å². The summed E-state index contributed by atoms with van der Waals surface area (Å²) in [7, 11) is 0. The van der Waals surface area contributed by atoms with Crippen LogP contribution in [0.4, 0.5) is 24.5 Å². The lowest BCUT2D eigenvalue weighted by Gasteiger charge is -2.32. The Kier molecular flexibility index (Phi) is 3.82. The Bertz CT molecular complexity index is 976. The Hall–Kier alpha value is -2.48. The van der Waals surface area contributed by atoms with E-state index in [0.717, 1.165) is 29.5 Å². The molecular formula is C19H15F3N2O2S. The van der Waals surface area contributed by atoms with E-state index in [1.807, 2.05) is 13.0 Å². The molecule has 2 aromatic carbocycles. The zero-order valence-corrected chi connectivity index (χ0v) is 15.2. The van der Waals surface area contributed by atoms with Crippen LogP contribution >= 0.6 is 11.8 Å². The average Bonchev–Trinajstić information content (AvgIpc) is 3.02. The van der Waals surface area contributed by atoms with E-state index >= 15 is 0 Å². The molecule has 2 unspecified atom stereocenters. The van der Waals surface area contributed by atoms with Gasteiger partial charge in [0.15, 0.2) is 0 Å². The minimum atomic E-state index is -4.54. The second-order valence-corrected chi connectivity index (χ2v) is 8.16. The van der Waals surface area contributed by atoms with Crippen LogP contribution in [0.5, 0.6) is 0 Å². The topological polar surface area (TPSA) is 49.4 Å². The molecule has 4 nitrogen and oxygen atoms in total. The molecule has 140 valence electrons. The first-order valence-corrected chi connectivity index (χ1v) is 9.14. The number of rotatable bonds is 1. The van der Waals surface area contributed by atoms with Gasteiger partial charge < -0.3 is 5.32 Å². The second kappa shape index (κ2) is 5.76. The number of nitrogens with zero attached hydrogens (tertiary/aromatic N) is 1. The van der Waals surface area contributed by atoms with Gasteiger partial charge in [-0.1, -0.05) is 23.8 Å². The van der Waals surface area contributed by atoms with Gasteiger partial charge in [0.05, 0.1) is 10.8 Å². The maximum atomic E-state index is 13.2. The molecular weight excluding hydrogens is 377 g/mol. The number of amides is 2. The van der Waals surface area contributed by atoms with Crippen LogP contribution in [-0.4, -0.2) is 17.1 Å². The van der Waals surface area contributed by atoms with E-state index in [-0.39, 0.29) is 5.69 Å². The van der Waals surface area contributed by atoms with Crippen LogP contribution in [-0.2, 0) is 20.6 Å². The van der Waals surface area contributed by atoms with E-state index in [1.54, 1.807) is 19.1 Å². The van der Waals surface area contributed by atoms with Crippen LogP contribution in [0.1, 0.15) is 23.6 Å². The summed E-state index contributed by atoms with van der Waals surface area (Å²) in [5.41, 5.74) is 1.23. The fourth-order valence-electron chi connectivity index (χ4n) is 3.54. The molecule has 0 bridgehead atoms. The van der Waals surface area contributed by atoms with Crippen molar-refractivity contribution in [2.45, 2.75) is 30.1 Å². The predicted molar refractivity (Wildman–Crippen MR) is 97.5 cm³/mol. The number of aryl methyl sites for hydroxylation is 1. The zero-order valence-electron chi connectivity index (χ0n) is 14.4. The Balaban J connectivity index is 1.94. The lowest BCUT2D eigenvalue weighted by atomic mass is 10.0. The average molecular weight is 392 g/mol. The first kappa shape index (κ1) is 17.9. The third kappa shape index (κ3) is 2.54. The molecule has 1 N–H and O–H groups in total. The summed E-state index contributed by atoms with van der Waals surface area (Å²) in [5.74, 6) is -0.827. The number of fused-ring (bicyclic) bond motifs is 2. The molecule has 2 heterocycles. The van der Waals surface area contributed by atoms with Crippen molar-refractivity contribution >= 4 is 35.0 Å². The molecule has 1 saturated heterocycles. The van der Waals surface area contributed by atoms with E-state index in [9.17, 15) is 22.8 Å². The van der Waals surface area contributed by atoms with Crippen molar-refractivity contribution in [2.75, 3.05) is 10.2 Å². The number of thioether (sulfide) groups is 1. The van der Waals surface area contributed by atoms with Crippen molar-refractivity contribution in [3.05, 3.63) is 59.2 Å². The fourth-order valence-corrected chi connectivity index (χ4v) is 5.01. The SMILES string of the molecule is Cc1ccc2c(c1)C1(SC(C)C(=O)N1c1cccc(C(F)(F)F)c1)C(=O)N2. The first-order chi connectivity index (χ1) is 12.6. The Morgan fingerprint density at radius 2 is 1.89 bits per heavy atom. The highest BCUT2D eigenvalue weighted by atomic mass is 32.2. The molecule has 0 radical (unpaired) electrons. The summed E-state index contributed by atoms with van der Waals surface area (Å²) in [6.07, 6.45) is -4.54. The van der Waals surface area contributed by atoms with E-state index in [4.69, 9.17) is 0 Å². The maximum absolute atomic E-state index is 13.2. The summed E-state index contributed by atoms with van der Waals surface area (Å²) >= 11 is 1.14. The van der Waals surface area contributed by atoms with Gasteiger partial charge in [0.2, 0.25) is 10.8 Å². The van der Waals surface area contributed by atoms with E-state index in [0.29, 0.717) is 11.3 Å². The summed E-state index contributed by atoms with van der Waals surface area (Å²) < 4.78 is 39.5. The largest absolute Gasteiger partial charge is 0.416 e. The van der Waals surface area contributed by atoms with Crippen LogP contribution in [0.25, 0.3) is 0 Å². The number of nitrogens with one attached hydrogen (secondary N) is 1. The number of hydrogen-bond acceptors (Lipinski definition) is 3. The number of carbonyl (C=O) groups is 2. The molecule has 2 atom stereocenters. The Morgan fingerprint density at radius 3 is 2.59 bits per heavy atom. The normalized spacial score (nSPS) is 24.5. The van der Waals surface area contributed by atoms with Crippen molar-refractivity contribution in [1.29, 1.82) is 0 Å². The number of carbonyl (C=O) groups excluding carboxylic acids is 2. The first-order valence-electron chi connectivity index (χ1n) is 8.26. The van der Waals surface area contributed by atoms with Gasteiger partial charge in [0.25, 0.3) is 5.91 Å². The summed E-state index contributed by atoms with van der Waals surface area (Å²) in [6.45, 7) is 3.51. The standard InChI is InChI=1S/C19H15F3N2O2S/c1-10-6-7-15-14(8-10)18(17(26)23-15)24(16(25)11(2)27-18)13-5-3-4-12(9-13)19(20,21)22/h3-9,11H,1-2H3,(H,23,26). The number of anilines is 2. The molecule has 2 aromatic rings. The zero-order chi connectivity index (χ0) is 19.6. The van der Waals surface area contributed by atoms with Crippen LogP contribution in [0.2, 0.25) is 0 Å². The smallest absolute Gasteiger partial charge is 0.323 e. The Morgan fingerprint density at radius 1 is 1.15 bits per heavy atom. The minimum absolute atomic E-state index is 0.0520. The molecule has 0 saturated carbocycles. The lowest BCUT2D eigenvalue weighted by Crippen LogP contribution is -2.47. The molecule has 0 aliphatic carbocycles. The Labute approximate surface area is 157 Å². The van der Waals surface area contributed by atoms with Crippen LogP contribution in [0.3, 0.4) is 0 Å². The quantitative estimate of drug-likeness (QED) is 0.788. The summed E-state index contributed by atoms with van der Waals surface area (Å²) in [5, 5.41) is 2.19. The van der Waals surface area contributed by atoms with Gasteiger partial charge in [0, 0.05) is 16.9 Å². The highest BCUT2D eigenvalue weighted by molar-refractivity contribution is 8.03. The van der Waals surface area contributed by atoms with Gasteiger partial charge in [-0.2, -0.15) is 13.2 Å². The molecule has 8 heteroatoms. The number of alkyl halides is 3. The third-order valence-electron chi connectivity index (χ3n) is 4.76. The van der Waals surface area contributed by atoms with Crippen LogP contribution in [0, 0.1) is 6.92 Å². The van der Waals surface area contributed by atoms with Crippen molar-refractivity contribution in [3.8, 4) is 0 Å². The molecule has 27 heavy (non-hydrogen) atoms. The van der Waals surface area contributed by atoms with Gasteiger partial charge in [-0.15, -0.1) is 11.8 Å². The third-order valence-corrected chi connectivity index (χ3v) is 6.24. The number of halogens is 3. The van der Waals surface area contributed by atoms with Gasteiger partial charge in [-0.3, -0.25) is 14.5 Å². The monoisotopic (exact) mass is 392 g/mol. The van der Waals surface area contributed by atoms with Crippen LogP contribution < -0.4 is 10.2 Å². The van der Waals surface area contributed by atoms with E-state index in [2.05, 4.69) is 5.32 Å². The molecule has 2 aliphatic heterocycles. The summed E-state index contributed by atoms with van der Waals surface area (Å²) in [6, 6.07) is 9.91. The molecule has 2 amide bonds. The summed E-state index contributed by atoms with van der Waals surface area (Å²) in [4.78, 5) is 25.7. The number of hydrogen-bond donors (Lipinski definition) is 1. The van der Waals surface area contributed by atoms with Crippen molar-refractivity contribution < 1.29 is 22.8 Å². The van der Waals surface area contributed by atoms with Gasteiger partial charge in [-0.25, -0.2) is 0 Å². The molecule has 2 aliphatic rings. The predicted octanol–water partition coefficient (Wildman–Crippen LogP) is 4.29. The molecule has 1 fully saturated rings. The van der Waals surface area contributed by atoms with Crippen molar-refractivity contribution in [3.63, 3.8) is 0 Å². The fraction of sp³-hybridized carbons (Fsp3) is 0.263. The molecule has 1 spiro atoms. The second-order valence-electron chi connectivity index (χ2n) is 6.63. The highest BCUT2D eigenvalue weighted by Gasteiger charge is 2.61.